The van der Waals surface area contributed by atoms with Crippen LogP contribution in [-0.4, -0.2) is 12.0 Å². The first-order chi connectivity index (χ1) is 7.28. The van der Waals surface area contributed by atoms with Crippen LogP contribution in [0.15, 0.2) is 29.6 Å². The van der Waals surface area contributed by atoms with Crippen molar-refractivity contribution >= 4 is 16.5 Å². The van der Waals surface area contributed by atoms with E-state index in [-0.39, 0.29) is 5.82 Å². The highest BCUT2D eigenvalue weighted by Gasteiger charge is 2.01. The average Bonchev–Trinajstić information content (AvgIpc) is 2.69. The minimum atomic E-state index is -0.201. The van der Waals surface area contributed by atoms with Crippen molar-refractivity contribution in [2.24, 2.45) is 0 Å². The summed E-state index contributed by atoms with van der Waals surface area (Å²) in [6.07, 6.45) is 0.748. The molecule has 0 spiro atoms. The Morgan fingerprint density at radius 2 is 2.07 bits per heavy atom. The maximum atomic E-state index is 12.7. The second-order valence-electron chi connectivity index (χ2n) is 3.20. The molecule has 2 rings (SSSR count). The van der Waals surface area contributed by atoms with Crippen molar-refractivity contribution in [3.63, 3.8) is 0 Å². The molecule has 2 aromatic rings. The number of benzene rings is 1. The van der Waals surface area contributed by atoms with Crippen LogP contribution >= 0.6 is 11.3 Å². The molecule has 1 aromatic carbocycles. The number of aromatic nitrogens is 1. The molecule has 1 aromatic heterocycles. The number of halogens is 1. The molecular weight excluding hydrogens is 211 g/mol. The Balaban J connectivity index is 2.11. The minimum absolute atomic E-state index is 0.201. The Morgan fingerprint density at radius 3 is 2.67 bits per heavy atom. The number of rotatable bonds is 3. The van der Waals surface area contributed by atoms with Gasteiger partial charge < -0.3 is 5.32 Å². The fraction of sp³-hybridized carbons (Fsp3) is 0.182. The van der Waals surface area contributed by atoms with Gasteiger partial charge >= 0.3 is 0 Å². The van der Waals surface area contributed by atoms with E-state index >= 15 is 0 Å². The number of hydrogen-bond acceptors (Lipinski definition) is 3. The number of nitrogens with zero attached hydrogens (tertiary/aromatic N) is 1. The third-order valence-corrected chi connectivity index (χ3v) is 2.97. The van der Waals surface area contributed by atoms with Gasteiger partial charge in [-0.05, 0) is 17.7 Å². The van der Waals surface area contributed by atoms with E-state index in [1.54, 1.807) is 23.5 Å². The summed E-state index contributed by atoms with van der Waals surface area (Å²) in [5.41, 5.74) is 2.08. The maximum Gasteiger partial charge on any atom is 0.182 e. The molecule has 0 bridgehead atoms. The molecule has 78 valence electrons. The molecule has 1 heterocycles. The van der Waals surface area contributed by atoms with Crippen LogP contribution in [-0.2, 0) is 6.42 Å². The summed E-state index contributed by atoms with van der Waals surface area (Å²) in [6, 6.07) is 6.52. The summed E-state index contributed by atoms with van der Waals surface area (Å²) in [5, 5.41) is 5.91. The third kappa shape index (κ3) is 2.53. The number of hydrogen-bond donors (Lipinski definition) is 1. The molecule has 1 N–H and O–H groups in total. The summed E-state index contributed by atoms with van der Waals surface area (Å²) in [4.78, 5) is 4.36. The molecular formula is C11H11FN2S. The largest absolute Gasteiger partial charge is 0.365 e. The Bertz CT molecular complexity index is 436. The van der Waals surface area contributed by atoms with Gasteiger partial charge in [0.1, 0.15) is 5.82 Å². The van der Waals surface area contributed by atoms with E-state index in [0.717, 1.165) is 22.8 Å². The number of nitrogens with one attached hydrogen (secondary N) is 1. The van der Waals surface area contributed by atoms with Crippen molar-refractivity contribution in [2.75, 3.05) is 12.4 Å². The first kappa shape index (κ1) is 10.1. The van der Waals surface area contributed by atoms with Gasteiger partial charge in [0, 0.05) is 18.8 Å². The fourth-order valence-electron chi connectivity index (χ4n) is 1.31. The zero-order valence-electron chi connectivity index (χ0n) is 8.33. The Kier molecular flexibility index (Phi) is 2.97. The van der Waals surface area contributed by atoms with Crippen molar-refractivity contribution < 1.29 is 4.39 Å². The van der Waals surface area contributed by atoms with Gasteiger partial charge in [0.15, 0.2) is 5.13 Å². The van der Waals surface area contributed by atoms with E-state index in [1.807, 2.05) is 12.4 Å². The predicted molar refractivity (Wildman–Crippen MR) is 60.9 cm³/mol. The topological polar surface area (TPSA) is 24.9 Å². The van der Waals surface area contributed by atoms with Crippen molar-refractivity contribution in [3.8, 4) is 0 Å². The van der Waals surface area contributed by atoms with Crippen molar-refractivity contribution in [1.82, 2.24) is 4.98 Å². The van der Waals surface area contributed by atoms with Gasteiger partial charge in [-0.3, -0.25) is 0 Å². The highest BCUT2D eigenvalue weighted by Crippen LogP contribution is 2.17. The molecule has 0 saturated heterocycles. The van der Waals surface area contributed by atoms with Gasteiger partial charge in [-0.15, -0.1) is 11.3 Å². The molecule has 0 unspecified atom stereocenters. The van der Waals surface area contributed by atoms with Crippen LogP contribution in [0.2, 0.25) is 0 Å². The molecule has 2 nitrogen and oxygen atoms in total. The summed E-state index contributed by atoms with van der Waals surface area (Å²) in [7, 11) is 1.85. The standard InChI is InChI=1S/C11H11FN2S/c1-13-11-14-10(7-15-11)6-8-2-4-9(12)5-3-8/h2-5,7H,6H2,1H3,(H,13,14). The summed E-state index contributed by atoms with van der Waals surface area (Å²) in [6.45, 7) is 0. The second-order valence-corrected chi connectivity index (χ2v) is 4.06. The van der Waals surface area contributed by atoms with Crippen molar-refractivity contribution in [2.45, 2.75) is 6.42 Å². The van der Waals surface area contributed by atoms with Crippen LogP contribution in [0.4, 0.5) is 9.52 Å². The third-order valence-electron chi connectivity index (χ3n) is 2.06. The SMILES string of the molecule is CNc1nc(Cc2ccc(F)cc2)cs1. The lowest BCUT2D eigenvalue weighted by Gasteiger charge is -1.97. The van der Waals surface area contributed by atoms with Gasteiger partial charge in [-0.25, -0.2) is 9.37 Å². The Labute approximate surface area is 91.8 Å². The average molecular weight is 222 g/mol. The van der Waals surface area contributed by atoms with Gasteiger partial charge in [0.25, 0.3) is 0 Å². The molecule has 0 atom stereocenters. The van der Waals surface area contributed by atoms with Crippen LogP contribution in [0.3, 0.4) is 0 Å². The van der Waals surface area contributed by atoms with Gasteiger partial charge in [-0.2, -0.15) is 0 Å². The van der Waals surface area contributed by atoms with E-state index in [2.05, 4.69) is 10.3 Å². The Morgan fingerprint density at radius 1 is 1.33 bits per heavy atom. The van der Waals surface area contributed by atoms with E-state index in [1.165, 1.54) is 12.1 Å². The van der Waals surface area contributed by atoms with Crippen LogP contribution in [0.1, 0.15) is 11.3 Å². The molecule has 0 radical (unpaired) electrons. The molecule has 0 saturated carbocycles. The fourth-order valence-corrected chi connectivity index (χ4v) is 1.99. The first-order valence-corrected chi connectivity index (χ1v) is 5.52. The van der Waals surface area contributed by atoms with Crippen LogP contribution in [0.5, 0.6) is 0 Å². The van der Waals surface area contributed by atoms with Crippen molar-refractivity contribution in [3.05, 3.63) is 46.7 Å². The summed E-state index contributed by atoms with van der Waals surface area (Å²) in [5.74, 6) is -0.201. The molecule has 0 amide bonds. The predicted octanol–water partition coefficient (Wildman–Crippen LogP) is 2.91. The highest BCUT2D eigenvalue weighted by atomic mass is 32.1. The molecule has 0 fully saturated rings. The summed E-state index contributed by atoms with van der Waals surface area (Å²) < 4.78 is 12.7. The minimum Gasteiger partial charge on any atom is -0.365 e. The van der Waals surface area contributed by atoms with Crippen LogP contribution < -0.4 is 5.32 Å². The lowest BCUT2D eigenvalue weighted by Crippen LogP contribution is -1.90. The Hall–Kier alpha value is -1.42. The molecule has 4 heteroatoms. The van der Waals surface area contributed by atoms with E-state index in [4.69, 9.17) is 0 Å². The molecule has 15 heavy (non-hydrogen) atoms. The first-order valence-electron chi connectivity index (χ1n) is 4.64. The van der Waals surface area contributed by atoms with Gasteiger partial charge in [0.05, 0.1) is 5.69 Å². The lowest BCUT2D eigenvalue weighted by molar-refractivity contribution is 0.627. The monoisotopic (exact) mass is 222 g/mol. The number of anilines is 1. The maximum absolute atomic E-state index is 12.7. The number of thiazole rings is 1. The second kappa shape index (κ2) is 4.40. The molecule has 0 aliphatic rings. The van der Waals surface area contributed by atoms with E-state index in [9.17, 15) is 4.39 Å². The molecule has 0 aliphatic heterocycles. The highest BCUT2D eigenvalue weighted by molar-refractivity contribution is 7.13. The van der Waals surface area contributed by atoms with Crippen LogP contribution in [0.25, 0.3) is 0 Å². The van der Waals surface area contributed by atoms with E-state index in [0.29, 0.717) is 0 Å². The van der Waals surface area contributed by atoms with Gasteiger partial charge in [0.2, 0.25) is 0 Å². The zero-order valence-corrected chi connectivity index (χ0v) is 9.14. The molecule has 0 aliphatic carbocycles. The summed E-state index contributed by atoms with van der Waals surface area (Å²) >= 11 is 1.58. The normalized spacial score (nSPS) is 10.3. The smallest absolute Gasteiger partial charge is 0.182 e. The van der Waals surface area contributed by atoms with Crippen molar-refractivity contribution in [1.29, 1.82) is 0 Å². The van der Waals surface area contributed by atoms with Gasteiger partial charge in [-0.1, -0.05) is 12.1 Å². The quantitative estimate of drug-likeness (QED) is 0.863. The van der Waals surface area contributed by atoms with E-state index < -0.39 is 0 Å². The lowest BCUT2D eigenvalue weighted by atomic mass is 10.1. The zero-order chi connectivity index (χ0) is 10.7. The van der Waals surface area contributed by atoms with Crippen LogP contribution in [0, 0.1) is 5.82 Å².